The first-order chi connectivity index (χ1) is 7.43. The number of rotatable bonds is 7. The minimum absolute atomic E-state index is 0.0334. The summed E-state index contributed by atoms with van der Waals surface area (Å²) in [5, 5.41) is 2.99. The highest BCUT2D eigenvalue weighted by Gasteiger charge is 2.18. The standard InChI is InChI=1S/C13H28N2O/c1-6-8-9-10-13(3,4)11-14-12(16)15(5)7-2/h6-11H2,1-5H3,(H,14,16). The molecule has 3 heteroatoms. The third-order valence-electron chi connectivity index (χ3n) is 3.00. The second-order valence-corrected chi connectivity index (χ2v) is 5.29. The van der Waals surface area contributed by atoms with E-state index in [1.807, 2.05) is 14.0 Å². The Morgan fingerprint density at radius 1 is 1.25 bits per heavy atom. The van der Waals surface area contributed by atoms with Gasteiger partial charge in [-0.2, -0.15) is 0 Å². The van der Waals surface area contributed by atoms with E-state index in [4.69, 9.17) is 0 Å². The Labute approximate surface area is 101 Å². The fourth-order valence-corrected chi connectivity index (χ4v) is 1.54. The van der Waals surface area contributed by atoms with Crippen LogP contribution in [0.1, 0.15) is 53.4 Å². The lowest BCUT2D eigenvalue weighted by molar-refractivity contribution is 0.202. The Morgan fingerprint density at radius 3 is 2.38 bits per heavy atom. The molecule has 0 bridgehead atoms. The second kappa shape index (κ2) is 7.53. The van der Waals surface area contributed by atoms with E-state index < -0.39 is 0 Å². The maximum absolute atomic E-state index is 11.6. The number of nitrogens with zero attached hydrogens (tertiary/aromatic N) is 1. The van der Waals surface area contributed by atoms with Crippen LogP contribution < -0.4 is 5.32 Å². The van der Waals surface area contributed by atoms with Gasteiger partial charge in [0.25, 0.3) is 0 Å². The molecule has 0 aromatic carbocycles. The fourth-order valence-electron chi connectivity index (χ4n) is 1.54. The molecule has 0 saturated heterocycles. The zero-order valence-electron chi connectivity index (χ0n) is 11.6. The number of nitrogens with one attached hydrogen (secondary N) is 1. The monoisotopic (exact) mass is 228 g/mol. The SMILES string of the molecule is CCCCCC(C)(C)CNC(=O)N(C)CC. The van der Waals surface area contributed by atoms with Crippen LogP contribution in [-0.4, -0.2) is 31.1 Å². The van der Waals surface area contributed by atoms with Gasteiger partial charge in [-0.25, -0.2) is 4.79 Å². The van der Waals surface area contributed by atoms with Crippen LogP contribution in [0.15, 0.2) is 0 Å². The zero-order chi connectivity index (χ0) is 12.6. The predicted octanol–water partition coefficient (Wildman–Crippen LogP) is 3.25. The van der Waals surface area contributed by atoms with E-state index >= 15 is 0 Å². The first-order valence-corrected chi connectivity index (χ1v) is 6.42. The topological polar surface area (TPSA) is 32.3 Å². The minimum atomic E-state index is 0.0334. The Bertz CT molecular complexity index is 202. The number of urea groups is 1. The minimum Gasteiger partial charge on any atom is -0.337 e. The van der Waals surface area contributed by atoms with Crippen LogP contribution in [0.2, 0.25) is 0 Å². The van der Waals surface area contributed by atoms with Gasteiger partial charge in [0.15, 0.2) is 0 Å². The van der Waals surface area contributed by atoms with Gasteiger partial charge in [-0.05, 0) is 18.8 Å². The van der Waals surface area contributed by atoms with E-state index in [2.05, 4.69) is 26.1 Å². The third kappa shape index (κ3) is 6.70. The molecule has 1 N–H and O–H groups in total. The van der Waals surface area contributed by atoms with Crippen LogP contribution >= 0.6 is 0 Å². The van der Waals surface area contributed by atoms with Gasteiger partial charge in [-0.3, -0.25) is 0 Å². The van der Waals surface area contributed by atoms with Crippen LogP contribution in [0.3, 0.4) is 0 Å². The number of carbonyl (C=O) groups is 1. The molecule has 96 valence electrons. The Kier molecular flexibility index (Phi) is 7.18. The molecule has 2 amide bonds. The largest absolute Gasteiger partial charge is 0.337 e. The fraction of sp³-hybridized carbons (Fsp3) is 0.923. The average molecular weight is 228 g/mol. The molecule has 0 aliphatic rings. The van der Waals surface area contributed by atoms with E-state index in [0.29, 0.717) is 0 Å². The molecule has 0 aliphatic heterocycles. The molecule has 0 atom stereocenters. The van der Waals surface area contributed by atoms with Crippen molar-refractivity contribution in [3.05, 3.63) is 0 Å². The summed E-state index contributed by atoms with van der Waals surface area (Å²) >= 11 is 0. The van der Waals surface area contributed by atoms with Crippen LogP contribution in [0.25, 0.3) is 0 Å². The van der Waals surface area contributed by atoms with Gasteiger partial charge < -0.3 is 10.2 Å². The molecule has 0 unspecified atom stereocenters. The summed E-state index contributed by atoms with van der Waals surface area (Å²) in [6.07, 6.45) is 4.97. The summed E-state index contributed by atoms with van der Waals surface area (Å²) in [6.45, 7) is 10.1. The van der Waals surface area contributed by atoms with Crippen molar-refractivity contribution >= 4 is 6.03 Å². The van der Waals surface area contributed by atoms with Gasteiger partial charge in [0.2, 0.25) is 0 Å². The molecule has 16 heavy (non-hydrogen) atoms. The van der Waals surface area contributed by atoms with Crippen molar-refractivity contribution in [1.29, 1.82) is 0 Å². The summed E-state index contributed by atoms with van der Waals surface area (Å²) in [5.74, 6) is 0. The van der Waals surface area contributed by atoms with E-state index in [-0.39, 0.29) is 11.4 Å². The van der Waals surface area contributed by atoms with Crippen LogP contribution in [0, 0.1) is 5.41 Å². The van der Waals surface area contributed by atoms with Gasteiger partial charge in [-0.15, -0.1) is 0 Å². The summed E-state index contributed by atoms with van der Waals surface area (Å²) in [6, 6.07) is 0.0334. The highest BCUT2D eigenvalue weighted by molar-refractivity contribution is 5.73. The molecule has 0 saturated carbocycles. The van der Waals surface area contributed by atoms with Crippen LogP contribution in [-0.2, 0) is 0 Å². The molecule has 0 fully saturated rings. The lowest BCUT2D eigenvalue weighted by Crippen LogP contribution is -2.41. The van der Waals surface area contributed by atoms with E-state index in [9.17, 15) is 4.79 Å². The molecule has 3 nitrogen and oxygen atoms in total. The van der Waals surface area contributed by atoms with Crippen LogP contribution in [0.4, 0.5) is 4.79 Å². The lowest BCUT2D eigenvalue weighted by atomic mass is 9.87. The lowest BCUT2D eigenvalue weighted by Gasteiger charge is -2.26. The predicted molar refractivity (Wildman–Crippen MR) is 69.6 cm³/mol. The molecular weight excluding hydrogens is 200 g/mol. The number of hydrogen-bond acceptors (Lipinski definition) is 1. The first kappa shape index (κ1) is 15.3. The quantitative estimate of drug-likeness (QED) is 0.666. The van der Waals surface area contributed by atoms with Gasteiger partial charge in [0.05, 0.1) is 0 Å². The molecule has 0 aliphatic carbocycles. The molecule has 0 rings (SSSR count). The van der Waals surface area contributed by atoms with Gasteiger partial charge in [0, 0.05) is 20.1 Å². The summed E-state index contributed by atoms with van der Waals surface area (Å²) in [4.78, 5) is 13.3. The average Bonchev–Trinajstić information content (AvgIpc) is 2.25. The molecule has 0 spiro atoms. The van der Waals surface area contributed by atoms with Crippen molar-refractivity contribution < 1.29 is 4.79 Å². The Hall–Kier alpha value is -0.730. The molecule has 0 heterocycles. The third-order valence-corrected chi connectivity index (χ3v) is 3.00. The van der Waals surface area contributed by atoms with E-state index in [0.717, 1.165) is 13.1 Å². The van der Waals surface area contributed by atoms with Crippen LogP contribution in [0.5, 0.6) is 0 Å². The van der Waals surface area contributed by atoms with Gasteiger partial charge in [0.1, 0.15) is 0 Å². The summed E-state index contributed by atoms with van der Waals surface area (Å²) in [7, 11) is 1.82. The van der Waals surface area contributed by atoms with Gasteiger partial charge in [-0.1, -0.05) is 40.0 Å². The van der Waals surface area contributed by atoms with E-state index in [1.54, 1.807) is 4.90 Å². The second-order valence-electron chi connectivity index (χ2n) is 5.29. The van der Waals surface area contributed by atoms with Crippen molar-refractivity contribution in [3.8, 4) is 0 Å². The maximum atomic E-state index is 11.6. The number of unbranched alkanes of at least 4 members (excludes halogenated alkanes) is 2. The number of hydrogen-bond donors (Lipinski definition) is 1. The van der Waals surface area contributed by atoms with Gasteiger partial charge >= 0.3 is 6.03 Å². The molecule has 0 radical (unpaired) electrons. The van der Waals surface area contributed by atoms with Crippen molar-refractivity contribution in [3.63, 3.8) is 0 Å². The van der Waals surface area contributed by atoms with Crippen molar-refractivity contribution in [2.45, 2.75) is 53.4 Å². The highest BCUT2D eigenvalue weighted by atomic mass is 16.2. The van der Waals surface area contributed by atoms with E-state index in [1.165, 1.54) is 25.7 Å². The number of carbonyl (C=O) groups excluding carboxylic acids is 1. The maximum Gasteiger partial charge on any atom is 0.317 e. The molecule has 0 aromatic heterocycles. The zero-order valence-corrected chi connectivity index (χ0v) is 11.6. The molecular formula is C13H28N2O. The Morgan fingerprint density at radius 2 is 1.88 bits per heavy atom. The van der Waals surface area contributed by atoms with Crippen molar-refractivity contribution in [2.75, 3.05) is 20.1 Å². The summed E-state index contributed by atoms with van der Waals surface area (Å²) < 4.78 is 0. The molecule has 0 aromatic rings. The smallest absolute Gasteiger partial charge is 0.317 e. The summed E-state index contributed by atoms with van der Waals surface area (Å²) in [5.41, 5.74) is 0.208. The highest BCUT2D eigenvalue weighted by Crippen LogP contribution is 2.22. The normalized spacial score (nSPS) is 11.3. The first-order valence-electron chi connectivity index (χ1n) is 6.42. The number of amides is 2. The van der Waals surface area contributed by atoms with Crippen molar-refractivity contribution in [1.82, 2.24) is 10.2 Å². The Balaban J connectivity index is 3.84. The van der Waals surface area contributed by atoms with Crippen molar-refractivity contribution in [2.24, 2.45) is 5.41 Å².